The second kappa shape index (κ2) is 12.2. The van der Waals surface area contributed by atoms with Crippen LogP contribution in [0.5, 0.6) is 0 Å². The molecular weight excluding hydrogens is 552 g/mol. The number of fused-ring (bicyclic) bond motifs is 1. The van der Waals surface area contributed by atoms with Gasteiger partial charge in [-0.25, -0.2) is 4.39 Å². The zero-order valence-corrected chi connectivity index (χ0v) is 25.3. The molecule has 3 fully saturated rings. The number of ether oxygens (including phenoxy) is 1. The van der Waals surface area contributed by atoms with E-state index in [9.17, 15) is 9.18 Å². The molecule has 3 aliphatic heterocycles. The van der Waals surface area contributed by atoms with Crippen molar-refractivity contribution < 1.29 is 13.9 Å². The van der Waals surface area contributed by atoms with Gasteiger partial charge in [0, 0.05) is 62.0 Å². The van der Waals surface area contributed by atoms with Crippen LogP contribution in [-0.2, 0) is 21.4 Å². The lowest BCUT2D eigenvalue weighted by Gasteiger charge is -2.44. The van der Waals surface area contributed by atoms with E-state index in [0.29, 0.717) is 31.6 Å². The van der Waals surface area contributed by atoms with E-state index in [1.165, 1.54) is 25.0 Å². The Labute approximate surface area is 249 Å². The number of piperazine rings is 1. The smallest absolute Gasteiger partial charge is 0.241 e. The number of nitrogens with one attached hydrogen (secondary N) is 1. The second-order valence-electron chi connectivity index (χ2n) is 12.5. The minimum atomic E-state index is -0.235. The van der Waals surface area contributed by atoms with Crippen LogP contribution in [-0.4, -0.2) is 90.8 Å². The van der Waals surface area contributed by atoms with Gasteiger partial charge in [0.25, 0.3) is 0 Å². The number of hydrogen-bond acceptors (Lipinski definition) is 6. The summed E-state index contributed by atoms with van der Waals surface area (Å²) in [5, 5.41) is 3.65. The number of amides is 1. The molecule has 4 heterocycles. The van der Waals surface area contributed by atoms with Gasteiger partial charge in [-0.2, -0.15) is 0 Å². The first-order valence-corrected chi connectivity index (χ1v) is 14.1. The van der Waals surface area contributed by atoms with E-state index in [0.717, 1.165) is 61.9 Å². The number of hydrogen-bond donors (Lipinski definition) is 1. The maximum absolute atomic E-state index is 13.9. The summed E-state index contributed by atoms with van der Waals surface area (Å²) >= 11 is 0. The van der Waals surface area contributed by atoms with Crippen LogP contribution in [0.1, 0.15) is 50.4 Å². The summed E-state index contributed by atoms with van der Waals surface area (Å²) in [7, 11) is 0. The van der Waals surface area contributed by atoms with Gasteiger partial charge in [-0.3, -0.25) is 19.6 Å². The number of pyridine rings is 1. The van der Waals surface area contributed by atoms with Gasteiger partial charge in [0.2, 0.25) is 5.91 Å². The summed E-state index contributed by atoms with van der Waals surface area (Å²) in [5.41, 5.74) is 3.98. The van der Waals surface area contributed by atoms with Crippen molar-refractivity contribution in [1.82, 2.24) is 20.1 Å². The number of carbonyl (C=O) groups excluding carboxylic acids is 1. The lowest BCUT2D eigenvalue weighted by Crippen LogP contribution is -2.62. The molecule has 1 N–H and O–H groups in total. The molecule has 4 aliphatic rings. The molecule has 1 aliphatic carbocycles. The van der Waals surface area contributed by atoms with Crippen molar-refractivity contribution in [3.63, 3.8) is 0 Å². The predicted octanol–water partition coefficient (Wildman–Crippen LogP) is 3.81. The van der Waals surface area contributed by atoms with Crippen molar-refractivity contribution in [2.45, 2.75) is 63.1 Å². The number of halogens is 3. The summed E-state index contributed by atoms with van der Waals surface area (Å²) in [6.45, 7) is 12.9. The Kier molecular flexibility index (Phi) is 9.49. The van der Waals surface area contributed by atoms with Crippen molar-refractivity contribution in [3.8, 4) is 0 Å². The Bertz CT molecular complexity index is 1190. The molecule has 0 unspecified atom stereocenters. The maximum Gasteiger partial charge on any atom is 0.241 e. The number of nitrogens with zero attached hydrogens (tertiary/aromatic N) is 4. The van der Waals surface area contributed by atoms with Crippen molar-refractivity contribution in [2.75, 3.05) is 57.4 Å². The van der Waals surface area contributed by atoms with Gasteiger partial charge in [-0.15, -0.1) is 24.8 Å². The SMILES string of the molecule is C[C@@H]1CN(CC(=O)N2CC(C)(C)c3ncc(Cc4ccc(F)cc4)cc32)[C@@H](CN2CCOCC23CC3)CN1.Cl.Cl. The molecule has 6 rings (SSSR count). The van der Waals surface area contributed by atoms with Crippen LogP contribution in [0.15, 0.2) is 36.5 Å². The van der Waals surface area contributed by atoms with E-state index in [2.05, 4.69) is 42.0 Å². The lowest BCUT2D eigenvalue weighted by molar-refractivity contribution is -0.121. The lowest BCUT2D eigenvalue weighted by atomic mass is 9.91. The highest BCUT2D eigenvalue weighted by atomic mass is 35.5. The van der Waals surface area contributed by atoms with E-state index in [1.807, 2.05) is 11.1 Å². The number of anilines is 1. The topological polar surface area (TPSA) is 60.9 Å². The molecule has 10 heteroatoms. The summed E-state index contributed by atoms with van der Waals surface area (Å²) < 4.78 is 19.2. The molecule has 40 heavy (non-hydrogen) atoms. The van der Waals surface area contributed by atoms with Gasteiger partial charge < -0.3 is 15.0 Å². The number of carbonyl (C=O) groups is 1. The van der Waals surface area contributed by atoms with Crippen LogP contribution >= 0.6 is 24.8 Å². The summed E-state index contributed by atoms with van der Waals surface area (Å²) in [5.74, 6) is -0.0967. The summed E-state index contributed by atoms with van der Waals surface area (Å²) in [6.07, 6.45) is 4.99. The normalized spacial score (nSPS) is 25.1. The minimum absolute atomic E-state index is 0. The van der Waals surface area contributed by atoms with Crippen molar-refractivity contribution in [2.24, 2.45) is 0 Å². The maximum atomic E-state index is 13.9. The van der Waals surface area contributed by atoms with Crippen molar-refractivity contribution >= 4 is 36.4 Å². The average Bonchev–Trinajstić information content (AvgIpc) is 3.60. The molecule has 220 valence electrons. The minimum Gasteiger partial charge on any atom is -0.378 e. The molecule has 2 aromatic rings. The fourth-order valence-corrected chi connectivity index (χ4v) is 6.51. The van der Waals surface area contributed by atoms with Gasteiger partial charge in [0.05, 0.1) is 31.1 Å². The Balaban J connectivity index is 0.00000185. The molecule has 1 amide bonds. The van der Waals surface area contributed by atoms with Gasteiger partial charge in [0.1, 0.15) is 5.82 Å². The van der Waals surface area contributed by atoms with Crippen LogP contribution in [0, 0.1) is 5.82 Å². The predicted molar refractivity (Wildman–Crippen MR) is 161 cm³/mol. The van der Waals surface area contributed by atoms with Crippen LogP contribution in [0.3, 0.4) is 0 Å². The van der Waals surface area contributed by atoms with E-state index < -0.39 is 0 Å². The standard InChI is InChI=1S/C30H40FN5O2.2ClH/c1-21-16-34(25(15-32-21)17-35-10-11-38-20-30(35)8-9-30)18-27(37)36-19-29(2,3)28-26(36)13-23(14-33-28)12-22-4-6-24(31)7-5-22;;/h4-7,13-14,21,25,32H,8-12,15-20H2,1-3H3;2*1H/t21-,25-;;/m1../s1. The Morgan fingerprint density at radius 2 is 1.93 bits per heavy atom. The number of benzene rings is 1. The van der Waals surface area contributed by atoms with Crippen LogP contribution in [0.4, 0.5) is 10.1 Å². The van der Waals surface area contributed by atoms with E-state index in [4.69, 9.17) is 9.72 Å². The summed E-state index contributed by atoms with van der Waals surface area (Å²) in [6, 6.07) is 9.35. The molecule has 1 aromatic carbocycles. The van der Waals surface area contributed by atoms with Crippen LogP contribution in [0.25, 0.3) is 0 Å². The molecule has 1 spiro atoms. The largest absolute Gasteiger partial charge is 0.378 e. The van der Waals surface area contributed by atoms with Crippen molar-refractivity contribution in [3.05, 3.63) is 59.2 Å². The van der Waals surface area contributed by atoms with E-state index >= 15 is 0 Å². The van der Waals surface area contributed by atoms with Gasteiger partial charge in [-0.05, 0) is 55.5 Å². The third kappa shape index (κ3) is 6.32. The molecule has 2 atom stereocenters. The first-order chi connectivity index (χ1) is 18.2. The van der Waals surface area contributed by atoms with Crippen LogP contribution < -0.4 is 10.2 Å². The highest BCUT2D eigenvalue weighted by molar-refractivity contribution is 5.97. The van der Waals surface area contributed by atoms with Crippen LogP contribution in [0.2, 0.25) is 0 Å². The zero-order chi connectivity index (χ0) is 26.5. The number of rotatable bonds is 6. The molecule has 0 bridgehead atoms. The van der Waals surface area contributed by atoms with Gasteiger partial charge in [-0.1, -0.05) is 26.0 Å². The first-order valence-electron chi connectivity index (χ1n) is 14.1. The highest BCUT2D eigenvalue weighted by Crippen LogP contribution is 2.44. The molecule has 2 saturated heterocycles. The number of morpholine rings is 1. The Morgan fingerprint density at radius 1 is 1.18 bits per heavy atom. The fraction of sp³-hybridized carbons (Fsp3) is 0.600. The average molecular weight is 595 g/mol. The monoisotopic (exact) mass is 593 g/mol. The zero-order valence-electron chi connectivity index (χ0n) is 23.7. The number of aromatic nitrogens is 1. The third-order valence-corrected chi connectivity index (χ3v) is 8.90. The van der Waals surface area contributed by atoms with Gasteiger partial charge in [0.15, 0.2) is 0 Å². The van der Waals surface area contributed by atoms with E-state index in [-0.39, 0.29) is 47.5 Å². The molecule has 0 radical (unpaired) electrons. The summed E-state index contributed by atoms with van der Waals surface area (Å²) in [4.78, 5) is 25.7. The highest BCUT2D eigenvalue weighted by Gasteiger charge is 2.50. The Morgan fingerprint density at radius 3 is 2.65 bits per heavy atom. The van der Waals surface area contributed by atoms with Crippen molar-refractivity contribution in [1.29, 1.82) is 0 Å². The van der Waals surface area contributed by atoms with Gasteiger partial charge >= 0.3 is 0 Å². The third-order valence-electron chi connectivity index (χ3n) is 8.90. The Hall–Kier alpha value is -1.81. The van der Waals surface area contributed by atoms with E-state index in [1.54, 1.807) is 12.1 Å². The molecular formula is C30H42Cl2FN5O2. The second-order valence-corrected chi connectivity index (χ2v) is 12.5. The first kappa shape index (κ1) is 31.1. The molecule has 1 aromatic heterocycles. The fourth-order valence-electron chi connectivity index (χ4n) is 6.51. The quantitative estimate of drug-likeness (QED) is 0.550. The molecule has 7 nitrogen and oxygen atoms in total. The molecule has 1 saturated carbocycles.